The number of piperazine rings is 3. The Balaban J connectivity index is 0.000000334. The van der Waals surface area contributed by atoms with Gasteiger partial charge in [-0.2, -0.15) is 0 Å². The first-order valence-corrected chi connectivity index (χ1v) is 26.3. The number of hydrogen-bond donors (Lipinski definition) is 6. The molecular weight excluding hydrogens is 903 g/mol. The number of carboxylic acid groups (broad SMARTS) is 1. The van der Waals surface area contributed by atoms with Gasteiger partial charge >= 0.3 is 18.3 Å². The highest BCUT2D eigenvalue weighted by Gasteiger charge is 2.33. The number of amides is 6. The third-order valence-electron chi connectivity index (χ3n) is 15.6. The van der Waals surface area contributed by atoms with Crippen molar-refractivity contribution in [3.63, 3.8) is 0 Å². The third kappa shape index (κ3) is 17.0. The molecule has 0 unspecified atom stereocenters. The number of carbonyl (C=O) groups is 6. The second-order valence-corrected chi connectivity index (χ2v) is 20.4. The summed E-state index contributed by atoms with van der Waals surface area (Å²) in [6.45, 7) is 10.9. The number of nitrogens with one attached hydrogen (secondary N) is 3. The number of rotatable bonds is 10. The molecule has 0 aromatic rings. The van der Waals surface area contributed by atoms with E-state index in [9.17, 15) is 28.8 Å². The number of nitrogens with zero attached hydrogens (tertiary/aromatic N) is 8. The molecule has 394 valence electrons. The Morgan fingerprint density at radius 2 is 0.814 bits per heavy atom. The van der Waals surface area contributed by atoms with E-state index in [1.54, 1.807) is 9.80 Å². The van der Waals surface area contributed by atoms with Crippen molar-refractivity contribution in [1.82, 2.24) is 44.5 Å². The summed E-state index contributed by atoms with van der Waals surface area (Å²) in [5, 5.41) is 27.4. The topological polar surface area (TPSA) is 279 Å². The van der Waals surface area contributed by atoms with Crippen molar-refractivity contribution in [2.45, 2.75) is 121 Å². The molecule has 7 aliphatic rings. The van der Waals surface area contributed by atoms with Gasteiger partial charge in [0, 0.05) is 124 Å². The summed E-state index contributed by atoms with van der Waals surface area (Å²) >= 11 is 0. The summed E-state index contributed by atoms with van der Waals surface area (Å²) in [4.78, 5) is 88.6. The molecule has 1 aliphatic carbocycles. The smallest absolute Gasteiger partial charge is 0.410 e. The Morgan fingerprint density at radius 3 is 1.19 bits per heavy atom. The van der Waals surface area contributed by atoms with Crippen molar-refractivity contribution < 1.29 is 43.3 Å². The van der Waals surface area contributed by atoms with Gasteiger partial charge < -0.3 is 70.6 Å². The summed E-state index contributed by atoms with van der Waals surface area (Å²) in [6, 6.07) is 0. The minimum atomic E-state index is -0.886. The summed E-state index contributed by atoms with van der Waals surface area (Å²) in [5.41, 5.74) is 11.2. The molecule has 0 spiro atoms. The van der Waals surface area contributed by atoms with Gasteiger partial charge in [0.15, 0.2) is 11.9 Å². The van der Waals surface area contributed by atoms with Gasteiger partial charge in [0.25, 0.3) is 0 Å². The van der Waals surface area contributed by atoms with Gasteiger partial charge in [-0.25, -0.2) is 14.4 Å². The number of likely N-dealkylation sites (tertiary alicyclic amines) is 2. The van der Waals surface area contributed by atoms with E-state index in [0.717, 1.165) is 96.1 Å². The van der Waals surface area contributed by atoms with Crippen molar-refractivity contribution >= 4 is 47.9 Å². The van der Waals surface area contributed by atoms with Gasteiger partial charge in [0.1, 0.15) is 12.2 Å². The zero-order valence-electron chi connectivity index (χ0n) is 41.6. The molecule has 22 nitrogen and oxygen atoms in total. The fourth-order valence-corrected chi connectivity index (χ4v) is 10.9. The highest BCUT2D eigenvalue weighted by atomic mass is 16.6. The van der Waals surface area contributed by atoms with Crippen molar-refractivity contribution in [3.05, 3.63) is 0 Å². The van der Waals surface area contributed by atoms with Crippen LogP contribution in [-0.2, 0) is 23.9 Å². The van der Waals surface area contributed by atoms with Gasteiger partial charge in [0.2, 0.25) is 17.7 Å². The summed E-state index contributed by atoms with van der Waals surface area (Å²) < 4.78 is 11.8. The van der Waals surface area contributed by atoms with Crippen molar-refractivity contribution in [2.24, 2.45) is 29.2 Å². The van der Waals surface area contributed by atoms with Crippen molar-refractivity contribution in [1.29, 1.82) is 10.8 Å². The van der Waals surface area contributed by atoms with Gasteiger partial charge in [-0.1, -0.05) is 0 Å². The number of piperidine rings is 3. The number of nitrogens with two attached hydrogens (primary N) is 2. The number of ether oxygens (including phenoxy) is 2. The van der Waals surface area contributed by atoms with Crippen LogP contribution in [0.2, 0.25) is 0 Å². The molecule has 0 bridgehead atoms. The predicted octanol–water partition coefficient (Wildman–Crippen LogP) is 2.61. The molecule has 0 aromatic heterocycles. The van der Waals surface area contributed by atoms with E-state index >= 15 is 0 Å². The predicted molar refractivity (Wildman–Crippen MR) is 262 cm³/mol. The van der Waals surface area contributed by atoms with Crippen LogP contribution in [-0.4, -0.2) is 222 Å². The third-order valence-corrected chi connectivity index (χ3v) is 15.6. The van der Waals surface area contributed by atoms with Crippen LogP contribution < -0.4 is 16.8 Å². The highest BCUT2D eigenvalue weighted by Crippen LogP contribution is 2.26. The first-order valence-electron chi connectivity index (χ1n) is 26.3. The van der Waals surface area contributed by atoms with Crippen LogP contribution in [0.5, 0.6) is 0 Å². The van der Waals surface area contributed by atoms with Gasteiger partial charge in [0.05, 0.1) is 0 Å². The first-order chi connectivity index (χ1) is 33.7. The lowest BCUT2D eigenvalue weighted by atomic mass is 9.92. The van der Waals surface area contributed by atoms with E-state index in [1.807, 2.05) is 24.5 Å². The number of carbonyl (C=O) groups excluding carboxylic acids is 5. The summed E-state index contributed by atoms with van der Waals surface area (Å²) in [7, 11) is 0. The van der Waals surface area contributed by atoms with Gasteiger partial charge in [-0.15, -0.1) is 0 Å². The average molecular weight is 986 g/mol. The second kappa shape index (κ2) is 27.4. The highest BCUT2D eigenvalue weighted by molar-refractivity contribution is 5.79. The second-order valence-electron chi connectivity index (χ2n) is 20.4. The van der Waals surface area contributed by atoms with Crippen molar-refractivity contribution in [3.8, 4) is 0 Å². The molecule has 7 rings (SSSR count). The molecule has 70 heavy (non-hydrogen) atoms. The monoisotopic (exact) mass is 986 g/mol. The summed E-state index contributed by atoms with van der Waals surface area (Å²) in [6.07, 6.45) is 12.2. The molecule has 8 N–H and O–H groups in total. The fourth-order valence-electron chi connectivity index (χ4n) is 10.9. The van der Waals surface area contributed by atoms with E-state index in [-0.39, 0.29) is 54.0 Å². The minimum absolute atomic E-state index is 0.0935. The molecule has 0 aromatic carbocycles. The molecule has 7 fully saturated rings. The van der Waals surface area contributed by atoms with E-state index in [2.05, 4.69) is 5.32 Å². The Kier molecular flexibility index (Phi) is 21.1. The molecule has 6 saturated heterocycles. The van der Waals surface area contributed by atoms with Crippen LogP contribution in [0, 0.1) is 28.6 Å². The van der Waals surface area contributed by atoms with Gasteiger partial charge in [-0.3, -0.25) is 25.2 Å². The lowest BCUT2D eigenvalue weighted by Crippen LogP contribution is -2.52. The maximum absolute atomic E-state index is 13.0. The zero-order chi connectivity index (χ0) is 50.0. The van der Waals surface area contributed by atoms with Crippen LogP contribution in [0.1, 0.15) is 109 Å². The molecule has 0 atom stereocenters. The maximum Gasteiger partial charge on any atom is 0.410 e. The number of guanidine groups is 2. The maximum atomic E-state index is 13.0. The standard InChI is InChI=1S/C34H58N10O6.C14H25N3O3/c35-31(36)41-11-7-25(8-12-41)23-29(45)39-15-19-43(20-16-39)33(47)49-27-3-1-4-28(6-2-5-27)50-34(48)44-21-17-40(18-22-44)30(46)24-26-9-13-42(14-10-26)32(37)38;18-13(3-1-2-12-4-6-15-7-5-12)16-8-10-17(11-9-16)14(19)20/h25-28H,1-24H2,(H3,35,36)(H3,37,38);12,15H,1-11H2,(H,19,20). The molecule has 6 heterocycles. The molecule has 6 amide bonds. The van der Waals surface area contributed by atoms with Crippen molar-refractivity contribution in [2.75, 3.05) is 118 Å². The van der Waals surface area contributed by atoms with Crippen LogP contribution in [0.15, 0.2) is 0 Å². The SMILES string of the molecule is N=C(N)N1CCC(CC(=O)N2CCN(C(=O)OC3CCCC(OC(=O)N4CCN(C(=O)CC5CCN(C(=N)N)CC5)CC4)CCC3)CC2)CC1.O=C(O)N1CCN(C(=O)CCCC2CCNCC2)CC1. The van der Waals surface area contributed by atoms with E-state index < -0.39 is 6.09 Å². The largest absolute Gasteiger partial charge is 0.465 e. The molecule has 6 aliphatic heterocycles. The lowest BCUT2D eigenvalue weighted by Gasteiger charge is -2.37. The van der Waals surface area contributed by atoms with Crippen LogP contribution >= 0.6 is 0 Å². The minimum Gasteiger partial charge on any atom is -0.465 e. The Bertz CT molecular complexity index is 1650. The Hall–Kier alpha value is -5.28. The van der Waals surface area contributed by atoms with E-state index in [1.165, 1.54) is 17.7 Å². The Labute approximate surface area is 414 Å². The zero-order valence-corrected chi connectivity index (χ0v) is 41.6. The molecular formula is C48H83N13O9. The fraction of sp³-hybridized carbons (Fsp3) is 0.833. The van der Waals surface area contributed by atoms with Gasteiger partial charge in [-0.05, 0) is 121 Å². The average Bonchev–Trinajstić information content (AvgIpc) is 3.36. The molecule has 0 radical (unpaired) electrons. The molecule has 1 saturated carbocycles. The lowest BCUT2D eigenvalue weighted by molar-refractivity contribution is -0.134. The van der Waals surface area contributed by atoms with Crippen LogP contribution in [0.25, 0.3) is 0 Å². The quantitative estimate of drug-likeness (QED) is 0.136. The Morgan fingerprint density at radius 1 is 0.457 bits per heavy atom. The van der Waals surface area contributed by atoms with E-state index in [4.69, 9.17) is 36.9 Å². The molecule has 22 heteroatoms. The number of hydrogen-bond acceptors (Lipinski definition) is 11. The first kappa shape index (κ1) is 54.1. The van der Waals surface area contributed by atoms with Crippen LogP contribution in [0.4, 0.5) is 14.4 Å². The van der Waals surface area contributed by atoms with Crippen LogP contribution in [0.3, 0.4) is 0 Å². The summed E-state index contributed by atoms with van der Waals surface area (Å²) in [5.74, 6) is 2.00. The van der Waals surface area contributed by atoms with E-state index in [0.29, 0.717) is 136 Å². The normalized spacial score (nSPS) is 23.6.